The van der Waals surface area contributed by atoms with Crippen LogP contribution in [0.2, 0.25) is 0 Å². The molecular formula is C21H22N6O4. The van der Waals surface area contributed by atoms with Gasteiger partial charge in [0.1, 0.15) is 12.0 Å². The second-order valence-corrected chi connectivity index (χ2v) is 7.50. The van der Waals surface area contributed by atoms with Crippen molar-refractivity contribution in [2.45, 2.75) is 24.4 Å². The van der Waals surface area contributed by atoms with Crippen molar-refractivity contribution in [3.05, 3.63) is 66.5 Å². The number of likely N-dealkylation sites (tertiary alicyclic amines) is 1. The lowest BCUT2D eigenvalue weighted by Gasteiger charge is -2.33. The zero-order chi connectivity index (χ0) is 22.0. The molecule has 1 fully saturated rings. The van der Waals surface area contributed by atoms with Crippen LogP contribution >= 0.6 is 0 Å². The van der Waals surface area contributed by atoms with E-state index in [-0.39, 0.29) is 24.8 Å². The Hall–Kier alpha value is -3.95. The fourth-order valence-corrected chi connectivity index (χ4v) is 4.63. The van der Waals surface area contributed by atoms with Crippen LogP contribution < -0.4 is 5.32 Å². The molecule has 4 heterocycles. The van der Waals surface area contributed by atoms with Gasteiger partial charge in [-0.05, 0) is 18.1 Å². The number of aryl methyl sites for hydroxylation is 1. The Morgan fingerprint density at radius 1 is 1.39 bits per heavy atom. The van der Waals surface area contributed by atoms with Crippen molar-refractivity contribution in [2.24, 2.45) is 7.05 Å². The Morgan fingerprint density at radius 3 is 2.84 bits per heavy atom. The Morgan fingerprint density at radius 2 is 2.16 bits per heavy atom. The highest BCUT2D eigenvalue weighted by atomic mass is 16.3. The number of amides is 2. The highest BCUT2D eigenvalue weighted by molar-refractivity contribution is 6.07. The van der Waals surface area contributed by atoms with E-state index in [0.717, 1.165) is 16.8 Å². The van der Waals surface area contributed by atoms with Gasteiger partial charge in [-0.2, -0.15) is 5.10 Å². The lowest BCUT2D eigenvalue weighted by molar-refractivity contribution is -0.134. The van der Waals surface area contributed by atoms with Gasteiger partial charge in [-0.3, -0.25) is 19.1 Å². The van der Waals surface area contributed by atoms with E-state index in [1.54, 1.807) is 34.2 Å². The summed E-state index contributed by atoms with van der Waals surface area (Å²) in [5.74, 6) is -0.0959. The van der Waals surface area contributed by atoms with Crippen LogP contribution in [0.15, 0.2) is 55.4 Å². The molecule has 2 atom stereocenters. The van der Waals surface area contributed by atoms with E-state index in [4.69, 9.17) is 9.90 Å². The highest BCUT2D eigenvalue weighted by Gasteiger charge is 2.59. The Balaban J connectivity index is 0.000000730. The Kier molecular flexibility index (Phi) is 5.28. The van der Waals surface area contributed by atoms with Gasteiger partial charge in [0.05, 0.1) is 18.6 Å². The van der Waals surface area contributed by atoms with Gasteiger partial charge in [-0.25, -0.2) is 4.98 Å². The average Bonchev–Trinajstić information content (AvgIpc) is 3.52. The second-order valence-electron chi connectivity index (χ2n) is 7.50. The standard InChI is InChI=1S/C20H20N6O2.CH2O2/c1-24-11-14(10-22-24)18-20(15-4-2-3-5-16(15)23-19(20)28)6-8-26(18)17(27)12-25-9-7-21-13-25;2-1-3/h2-5,7,9-11,13,18H,6,8,12H2,1H3,(H,23,28);1H,(H,2,3). The van der Waals surface area contributed by atoms with Gasteiger partial charge >= 0.3 is 0 Å². The molecule has 2 amide bonds. The van der Waals surface area contributed by atoms with Crippen molar-refractivity contribution >= 4 is 24.0 Å². The summed E-state index contributed by atoms with van der Waals surface area (Å²) in [7, 11) is 1.84. The fourth-order valence-electron chi connectivity index (χ4n) is 4.63. The molecule has 2 aromatic heterocycles. The van der Waals surface area contributed by atoms with Crippen LogP contribution in [0.5, 0.6) is 0 Å². The van der Waals surface area contributed by atoms with Gasteiger partial charge in [-0.15, -0.1) is 0 Å². The summed E-state index contributed by atoms with van der Waals surface area (Å²) in [4.78, 5) is 40.6. The molecule has 10 heteroatoms. The van der Waals surface area contributed by atoms with Crippen LogP contribution in [0, 0.1) is 0 Å². The number of fused-ring (bicyclic) bond motifs is 2. The fraction of sp³-hybridized carbons (Fsp3) is 0.286. The smallest absolute Gasteiger partial charge is 0.290 e. The van der Waals surface area contributed by atoms with Crippen LogP contribution in [0.1, 0.15) is 23.6 Å². The first-order valence-electron chi connectivity index (χ1n) is 9.74. The number of imidazole rings is 1. The number of carbonyl (C=O) groups is 3. The minimum absolute atomic E-state index is 0.0408. The molecule has 2 aliphatic heterocycles. The number of anilines is 1. The maximum Gasteiger partial charge on any atom is 0.290 e. The predicted octanol–water partition coefficient (Wildman–Crippen LogP) is 1.18. The van der Waals surface area contributed by atoms with Crippen LogP contribution in [0.25, 0.3) is 0 Å². The van der Waals surface area contributed by atoms with Crippen LogP contribution in [-0.2, 0) is 33.4 Å². The molecule has 160 valence electrons. The molecular weight excluding hydrogens is 400 g/mol. The van der Waals surface area contributed by atoms with Crippen molar-refractivity contribution in [3.8, 4) is 0 Å². The van der Waals surface area contributed by atoms with Crippen LogP contribution in [-0.4, -0.2) is 54.2 Å². The van der Waals surface area contributed by atoms with E-state index in [2.05, 4.69) is 15.4 Å². The lowest BCUT2D eigenvalue weighted by atomic mass is 9.73. The summed E-state index contributed by atoms with van der Waals surface area (Å²) in [6.07, 6.45) is 9.26. The number of nitrogens with zero attached hydrogens (tertiary/aromatic N) is 5. The summed E-state index contributed by atoms with van der Waals surface area (Å²) in [6.45, 7) is 0.449. The van der Waals surface area contributed by atoms with E-state index in [1.807, 2.05) is 42.4 Å². The molecule has 31 heavy (non-hydrogen) atoms. The number of para-hydroxylation sites is 1. The second kappa shape index (κ2) is 8.05. The van der Waals surface area contributed by atoms with Gasteiger partial charge in [0, 0.05) is 43.4 Å². The minimum atomic E-state index is -0.801. The first kappa shape index (κ1) is 20.3. The van der Waals surface area contributed by atoms with E-state index < -0.39 is 11.5 Å². The molecule has 0 aliphatic carbocycles. The van der Waals surface area contributed by atoms with Crippen molar-refractivity contribution in [1.82, 2.24) is 24.2 Å². The lowest BCUT2D eigenvalue weighted by Crippen LogP contribution is -2.43. The van der Waals surface area contributed by atoms with Crippen molar-refractivity contribution in [1.29, 1.82) is 0 Å². The van der Waals surface area contributed by atoms with Crippen molar-refractivity contribution in [2.75, 3.05) is 11.9 Å². The van der Waals surface area contributed by atoms with Gasteiger partial charge in [0.25, 0.3) is 6.47 Å². The molecule has 2 N–H and O–H groups in total. The van der Waals surface area contributed by atoms with Gasteiger partial charge in [0.2, 0.25) is 11.8 Å². The molecule has 0 bridgehead atoms. The van der Waals surface area contributed by atoms with E-state index >= 15 is 0 Å². The topological polar surface area (TPSA) is 122 Å². The van der Waals surface area contributed by atoms with E-state index in [9.17, 15) is 9.59 Å². The number of hydrogen-bond acceptors (Lipinski definition) is 5. The number of hydrogen-bond donors (Lipinski definition) is 2. The van der Waals surface area contributed by atoms with Crippen molar-refractivity contribution in [3.63, 3.8) is 0 Å². The molecule has 0 radical (unpaired) electrons. The third-order valence-corrected chi connectivity index (χ3v) is 5.82. The molecule has 5 rings (SSSR count). The molecule has 1 saturated heterocycles. The largest absolute Gasteiger partial charge is 0.483 e. The summed E-state index contributed by atoms with van der Waals surface area (Å²) in [5, 5.41) is 14.2. The molecule has 0 saturated carbocycles. The molecule has 10 nitrogen and oxygen atoms in total. The molecule has 1 spiro atoms. The van der Waals surface area contributed by atoms with E-state index in [0.29, 0.717) is 13.0 Å². The Bertz CT molecular complexity index is 1110. The molecule has 1 aromatic carbocycles. The van der Waals surface area contributed by atoms with Gasteiger partial charge < -0.3 is 19.9 Å². The zero-order valence-electron chi connectivity index (χ0n) is 16.9. The SMILES string of the molecule is Cn1cc(C2N(C(=O)Cn3ccnc3)CCC23C(=O)Nc2ccccc23)cn1.O=CO. The van der Waals surface area contributed by atoms with Gasteiger partial charge in [0.15, 0.2) is 0 Å². The predicted molar refractivity (Wildman–Crippen MR) is 110 cm³/mol. The number of nitrogens with one attached hydrogen (secondary N) is 1. The van der Waals surface area contributed by atoms with Crippen molar-refractivity contribution < 1.29 is 19.5 Å². The van der Waals surface area contributed by atoms with Crippen LogP contribution in [0.4, 0.5) is 5.69 Å². The average molecular weight is 422 g/mol. The number of carbonyl (C=O) groups excluding carboxylic acids is 2. The first-order valence-corrected chi connectivity index (χ1v) is 9.74. The maximum atomic E-state index is 13.2. The van der Waals surface area contributed by atoms with E-state index in [1.165, 1.54) is 0 Å². The maximum absolute atomic E-state index is 13.2. The summed E-state index contributed by atoms with van der Waals surface area (Å²) in [5.41, 5.74) is 1.84. The summed E-state index contributed by atoms with van der Waals surface area (Å²) < 4.78 is 3.45. The number of benzene rings is 1. The highest BCUT2D eigenvalue weighted by Crippen LogP contribution is 2.54. The molecule has 2 unspecified atom stereocenters. The number of aromatic nitrogens is 4. The monoisotopic (exact) mass is 422 g/mol. The zero-order valence-corrected chi connectivity index (χ0v) is 16.9. The Labute approximate surface area is 178 Å². The minimum Gasteiger partial charge on any atom is -0.483 e. The van der Waals surface area contributed by atoms with Crippen LogP contribution in [0.3, 0.4) is 0 Å². The first-order chi connectivity index (χ1) is 15.0. The molecule has 3 aromatic rings. The third kappa shape index (κ3) is 3.35. The summed E-state index contributed by atoms with van der Waals surface area (Å²) >= 11 is 0. The van der Waals surface area contributed by atoms with Gasteiger partial charge in [-0.1, -0.05) is 18.2 Å². The molecule has 2 aliphatic rings. The number of rotatable bonds is 3. The third-order valence-electron chi connectivity index (χ3n) is 5.82. The summed E-state index contributed by atoms with van der Waals surface area (Å²) in [6, 6.07) is 7.35. The quantitative estimate of drug-likeness (QED) is 0.611. The normalized spacial score (nSPS) is 21.4. The number of carboxylic acid groups (broad SMARTS) is 1.